The summed E-state index contributed by atoms with van der Waals surface area (Å²) in [4.78, 5) is 28.2. The van der Waals surface area contributed by atoms with E-state index in [-0.39, 0.29) is 23.6 Å². The second-order valence-corrected chi connectivity index (χ2v) is 5.59. The topological polar surface area (TPSA) is 71.1 Å². The molecule has 118 valence electrons. The van der Waals surface area contributed by atoms with Gasteiger partial charge in [0.25, 0.3) is 11.8 Å². The molecule has 0 radical (unpaired) electrons. The van der Waals surface area contributed by atoms with Crippen LogP contribution in [0.15, 0.2) is 31.0 Å². The zero-order chi connectivity index (χ0) is 15.8. The van der Waals surface area contributed by atoms with Gasteiger partial charge in [0.15, 0.2) is 0 Å². The molecule has 2 amide bonds. The minimum Gasteiger partial charge on any atom is -0.349 e. The highest BCUT2D eigenvalue weighted by Gasteiger charge is 2.17. The first-order valence-corrected chi connectivity index (χ1v) is 7.86. The van der Waals surface area contributed by atoms with Crippen LogP contribution in [0.25, 0.3) is 0 Å². The highest BCUT2D eigenvalue weighted by Crippen LogP contribution is 2.17. The van der Waals surface area contributed by atoms with E-state index in [0.29, 0.717) is 12.1 Å². The molecule has 1 aliphatic rings. The number of nitrogens with zero attached hydrogens (tertiary/aromatic N) is 1. The average Bonchev–Trinajstić information content (AvgIpc) is 2.81. The van der Waals surface area contributed by atoms with Crippen molar-refractivity contribution in [3.05, 3.63) is 42.2 Å². The molecule has 2 N–H and O–H groups in total. The molecule has 2 rings (SSSR count). The van der Waals surface area contributed by atoms with Gasteiger partial charge in [-0.2, -0.15) is 0 Å². The lowest BCUT2D eigenvalue weighted by atomic mass is 10.1. The molecule has 1 aliphatic carbocycles. The fourth-order valence-electron chi connectivity index (χ4n) is 2.64. The van der Waals surface area contributed by atoms with E-state index in [2.05, 4.69) is 22.2 Å². The number of hydrogen-bond acceptors (Lipinski definition) is 3. The molecule has 1 aromatic heterocycles. The maximum absolute atomic E-state index is 12.3. The summed E-state index contributed by atoms with van der Waals surface area (Å²) in [6.45, 7) is 3.92. The summed E-state index contributed by atoms with van der Waals surface area (Å²) in [7, 11) is 0. The monoisotopic (exact) mass is 301 g/mol. The third-order valence-electron chi connectivity index (χ3n) is 3.85. The van der Waals surface area contributed by atoms with E-state index in [1.54, 1.807) is 12.1 Å². The summed E-state index contributed by atoms with van der Waals surface area (Å²) in [5, 5.41) is 5.72. The third kappa shape index (κ3) is 4.69. The summed E-state index contributed by atoms with van der Waals surface area (Å²) in [5.74, 6) is -0.434. The van der Waals surface area contributed by atoms with Gasteiger partial charge in [-0.05, 0) is 25.0 Å². The van der Waals surface area contributed by atoms with Crippen molar-refractivity contribution in [2.45, 2.75) is 44.6 Å². The Morgan fingerprint density at radius 2 is 1.95 bits per heavy atom. The molecule has 5 heteroatoms. The van der Waals surface area contributed by atoms with Gasteiger partial charge >= 0.3 is 0 Å². The van der Waals surface area contributed by atoms with Crippen LogP contribution in [-0.2, 0) is 0 Å². The van der Waals surface area contributed by atoms with Gasteiger partial charge in [0.1, 0.15) is 5.69 Å². The zero-order valence-corrected chi connectivity index (χ0v) is 12.8. The Labute approximate surface area is 131 Å². The molecule has 1 heterocycles. The summed E-state index contributed by atoms with van der Waals surface area (Å²) in [6.07, 6.45) is 9.97. The Hall–Kier alpha value is -2.17. The number of carbonyl (C=O) groups is 2. The summed E-state index contributed by atoms with van der Waals surface area (Å²) in [6, 6.07) is 3.40. The second-order valence-electron chi connectivity index (χ2n) is 5.59. The molecular formula is C17H23N3O2. The van der Waals surface area contributed by atoms with Crippen LogP contribution in [0.2, 0.25) is 0 Å². The molecule has 22 heavy (non-hydrogen) atoms. The van der Waals surface area contributed by atoms with Crippen molar-refractivity contribution in [1.82, 2.24) is 15.6 Å². The molecule has 0 saturated heterocycles. The zero-order valence-electron chi connectivity index (χ0n) is 12.8. The van der Waals surface area contributed by atoms with Gasteiger partial charge < -0.3 is 10.6 Å². The van der Waals surface area contributed by atoms with Crippen LogP contribution in [0.1, 0.15) is 59.4 Å². The van der Waals surface area contributed by atoms with Crippen molar-refractivity contribution in [2.24, 2.45) is 0 Å². The molecule has 0 bridgehead atoms. The molecule has 0 spiro atoms. The maximum Gasteiger partial charge on any atom is 0.270 e. The maximum atomic E-state index is 12.3. The number of hydrogen-bond donors (Lipinski definition) is 2. The van der Waals surface area contributed by atoms with Crippen LogP contribution >= 0.6 is 0 Å². The molecule has 1 fully saturated rings. The molecule has 1 aromatic rings. The van der Waals surface area contributed by atoms with Crippen molar-refractivity contribution in [2.75, 3.05) is 6.54 Å². The highest BCUT2D eigenvalue weighted by atomic mass is 16.2. The summed E-state index contributed by atoms with van der Waals surface area (Å²) in [5.41, 5.74) is 0.721. The lowest BCUT2D eigenvalue weighted by Crippen LogP contribution is -2.34. The van der Waals surface area contributed by atoms with Crippen LogP contribution in [0, 0.1) is 0 Å². The van der Waals surface area contributed by atoms with E-state index < -0.39 is 0 Å². The number of pyridine rings is 1. The van der Waals surface area contributed by atoms with Gasteiger partial charge in [-0.1, -0.05) is 31.8 Å². The van der Waals surface area contributed by atoms with E-state index in [1.165, 1.54) is 25.1 Å². The first kappa shape index (κ1) is 16.2. The molecule has 1 saturated carbocycles. The standard InChI is InChI=1S/C17H23N3O2/c1-2-10-19-17(22)15-12-13(9-11-18-15)16(21)20-14-7-5-3-4-6-8-14/h2,9,11-12,14H,1,3-8,10H2,(H,19,22)(H,20,21). The van der Waals surface area contributed by atoms with E-state index in [0.717, 1.165) is 25.7 Å². The Balaban J connectivity index is 2.00. The summed E-state index contributed by atoms with van der Waals surface area (Å²) >= 11 is 0. The van der Waals surface area contributed by atoms with Crippen molar-refractivity contribution >= 4 is 11.8 Å². The van der Waals surface area contributed by atoms with E-state index in [4.69, 9.17) is 0 Å². The Morgan fingerprint density at radius 3 is 2.64 bits per heavy atom. The van der Waals surface area contributed by atoms with Crippen molar-refractivity contribution < 1.29 is 9.59 Å². The largest absolute Gasteiger partial charge is 0.349 e. The van der Waals surface area contributed by atoms with Crippen molar-refractivity contribution in [3.63, 3.8) is 0 Å². The second kappa shape index (κ2) is 8.32. The van der Waals surface area contributed by atoms with Gasteiger partial charge in [-0.3, -0.25) is 14.6 Å². The van der Waals surface area contributed by atoms with Crippen LogP contribution in [0.4, 0.5) is 0 Å². The quantitative estimate of drug-likeness (QED) is 0.648. The lowest BCUT2D eigenvalue weighted by molar-refractivity contribution is 0.0933. The minimum absolute atomic E-state index is 0.132. The Bertz CT molecular complexity index is 534. The van der Waals surface area contributed by atoms with E-state index >= 15 is 0 Å². The van der Waals surface area contributed by atoms with Crippen LogP contribution in [0.3, 0.4) is 0 Å². The lowest BCUT2D eigenvalue weighted by Gasteiger charge is -2.16. The molecule has 0 aliphatic heterocycles. The van der Waals surface area contributed by atoms with E-state index in [1.807, 2.05) is 0 Å². The number of rotatable bonds is 5. The number of amides is 2. The Morgan fingerprint density at radius 1 is 1.23 bits per heavy atom. The normalized spacial score (nSPS) is 15.6. The minimum atomic E-state index is -0.302. The number of nitrogens with one attached hydrogen (secondary N) is 2. The first-order valence-electron chi connectivity index (χ1n) is 7.86. The smallest absolute Gasteiger partial charge is 0.270 e. The SMILES string of the molecule is C=CCNC(=O)c1cc(C(=O)NC2CCCCCC2)ccn1. The number of aromatic nitrogens is 1. The molecule has 0 atom stereocenters. The average molecular weight is 301 g/mol. The van der Waals surface area contributed by atoms with Crippen molar-refractivity contribution in [3.8, 4) is 0 Å². The van der Waals surface area contributed by atoms with Crippen molar-refractivity contribution in [1.29, 1.82) is 0 Å². The van der Waals surface area contributed by atoms with Gasteiger partial charge in [0.05, 0.1) is 0 Å². The first-order chi connectivity index (χ1) is 10.7. The van der Waals surface area contributed by atoms with Crippen LogP contribution in [0.5, 0.6) is 0 Å². The summed E-state index contributed by atoms with van der Waals surface area (Å²) < 4.78 is 0. The predicted molar refractivity (Wildman–Crippen MR) is 85.7 cm³/mol. The van der Waals surface area contributed by atoms with Gasteiger partial charge in [-0.15, -0.1) is 6.58 Å². The van der Waals surface area contributed by atoms with Gasteiger partial charge in [-0.25, -0.2) is 0 Å². The van der Waals surface area contributed by atoms with Gasteiger partial charge in [0, 0.05) is 24.3 Å². The highest BCUT2D eigenvalue weighted by molar-refractivity contribution is 5.98. The third-order valence-corrected chi connectivity index (χ3v) is 3.85. The molecular weight excluding hydrogens is 278 g/mol. The fraction of sp³-hybridized carbons (Fsp3) is 0.471. The molecule has 0 aromatic carbocycles. The Kier molecular flexibility index (Phi) is 6.13. The number of carbonyl (C=O) groups excluding carboxylic acids is 2. The fourth-order valence-corrected chi connectivity index (χ4v) is 2.64. The molecule has 5 nitrogen and oxygen atoms in total. The molecule has 0 unspecified atom stereocenters. The van der Waals surface area contributed by atoms with Crippen LogP contribution in [-0.4, -0.2) is 29.4 Å². The van der Waals surface area contributed by atoms with E-state index in [9.17, 15) is 9.59 Å². The predicted octanol–water partition coefficient (Wildman–Crippen LogP) is 2.45. The van der Waals surface area contributed by atoms with Crippen LogP contribution < -0.4 is 10.6 Å². The van der Waals surface area contributed by atoms with Gasteiger partial charge in [0.2, 0.25) is 0 Å².